The fraction of sp³-hybridized carbons (Fsp3) is 0.600. The highest BCUT2D eigenvalue weighted by molar-refractivity contribution is 6.33. The van der Waals surface area contributed by atoms with Crippen molar-refractivity contribution in [2.24, 2.45) is 22.7 Å². The summed E-state index contributed by atoms with van der Waals surface area (Å²) < 4.78 is 38.8. The van der Waals surface area contributed by atoms with E-state index in [-0.39, 0.29) is 16.6 Å². The third-order valence-electron chi connectivity index (χ3n) is 5.64. The summed E-state index contributed by atoms with van der Waals surface area (Å²) in [4.78, 5) is 12.5. The predicted octanol–water partition coefficient (Wildman–Crippen LogP) is 3.77. The first kappa shape index (κ1) is 22.7. The number of amides is 1. The van der Waals surface area contributed by atoms with Crippen molar-refractivity contribution in [2.75, 3.05) is 13.6 Å². The zero-order valence-electron chi connectivity index (χ0n) is 16.8. The van der Waals surface area contributed by atoms with Crippen molar-refractivity contribution < 1.29 is 18.0 Å². The third-order valence-corrected chi connectivity index (χ3v) is 5.97. The van der Waals surface area contributed by atoms with Gasteiger partial charge in [0.1, 0.15) is 5.84 Å². The van der Waals surface area contributed by atoms with Gasteiger partial charge in [0, 0.05) is 19.0 Å². The molecule has 1 aromatic carbocycles. The molecule has 0 unspecified atom stereocenters. The van der Waals surface area contributed by atoms with E-state index in [9.17, 15) is 18.0 Å². The van der Waals surface area contributed by atoms with Gasteiger partial charge in [0.05, 0.1) is 22.7 Å². The molecule has 6 nitrogen and oxygen atoms in total. The monoisotopic (exact) mass is 445 g/mol. The highest BCUT2D eigenvalue weighted by atomic mass is 35.5. The second kappa shape index (κ2) is 9.43. The van der Waals surface area contributed by atoms with E-state index in [0.29, 0.717) is 24.2 Å². The third kappa shape index (κ3) is 6.01. The normalized spacial score (nSPS) is 22.6. The number of halogens is 4. The molecule has 3 rings (SSSR count). The molecule has 0 aliphatic heterocycles. The van der Waals surface area contributed by atoms with Gasteiger partial charge in [0.2, 0.25) is 0 Å². The molecule has 1 aromatic rings. The van der Waals surface area contributed by atoms with Crippen LogP contribution in [0.3, 0.4) is 0 Å². The van der Waals surface area contributed by atoms with Crippen molar-refractivity contribution in [1.29, 1.82) is 0 Å². The van der Waals surface area contributed by atoms with E-state index < -0.39 is 17.6 Å². The average molecular weight is 446 g/mol. The fourth-order valence-corrected chi connectivity index (χ4v) is 3.86. The maximum atomic E-state index is 12.9. The highest BCUT2D eigenvalue weighted by Crippen LogP contribution is 2.32. The summed E-state index contributed by atoms with van der Waals surface area (Å²) in [6, 6.07) is 2.69. The number of hydrazine groups is 1. The van der Waals surface area contributed by atoms with E-state index >= 15 is 0 Å². The number of nitrogens with one attached hydrogen (secondary N) is 2. The van der Waals surface area contributed by atoms with Crippen LogP contribution in [-0.4, -0.2) is 36.5 Å². The van der Waals surface area contributed by atoms with Crippen LogP contribution in [0.5, 0.6) is 0 Å². The Kier molecular flexibility index (Phi) is 7.13. The number of hydrogen-bond acceptors (Lipinski definition) is 4. The van der Waals surface area contributed by atoms with Crippen molar-refractivity contribution in [3.63, 3.8) is 0 Å². The molecule has 0 spiro atoms. The summed E-state index contributed by atoms with van der Waals surface area (Å²) in [5, 5.41) is 9.03. The van der Waals surface area contributed by atoms with Gasteiger partial charge in [-0.25, -0.2) is 10.5 Å². The summed E-state index contributed by atoms with van der Waals surface area (Å²) in [6.45, 7) is 0.712. The minimum atomic E-state index is -4.53. The second-order valence-electron chi connectivity index (χ2n) is 7.99. The molecule has 166 valence electrons. The minimum absolute atomic E-state index is 0.00459. The number of nitrogens with two attached hydrogens (primary N) is 1. The van der Waals surface area contributed by atoms with Crippen molar-refractivity contribution in [3.05, 3.63) is 34.3 Å². The summed E-state index contributed by atoms with van der Waals surface area (Å²) in [5.74, 6) is 0.865. The number of nitrogens with zero attached hydrogens (tertiary/aromatic N) is 2. The zero-order chi connectivity index (χ0) is 21.9. The molecule has 10 heteroatoms. The molecule has 0 saturated heterocycles. The van der Waals surface area contributed by atoms with Crippen molar-refractivity contribution in [2.45, 2.75) is 50.7 Å². The Morgan fingerprint density at radius 1 is 1.23 bits per heavy atom. The predicted molar refractivity (Wildman–Crippen MR) is 110 cm³/mol. The molecule has 0 heterocycles. The molecule has 2 aliphatic rings. The molecule has 0 atom stereocenters. The van der Waals surface area contributed by atoms with E-state index in [0.717, 1.165) is 56.7 Å². The molecule has 2 fully saturated rings. The van der Waals surface area contributed by atoms with Crippen LogP contribution in [0.1, 0.15) is 54.4 Å². The van der Waals surface area contributed by atoms with Gasteiger partial charge in [-0.15, -0.1) is 5.10 Å². The topological polar surface area (TPSA) is 82.8 Å². The molecule has 0 bridgehead atoms. The lowest BCUT2D eigenvalue weighted by Gasteiger charge is -2.31. The van der Waals surface area contributed by atoms with Gasteiger partial charge in [-0.2, -0.15) is 13.2 Å². The number of amidine groups is 1. The van der Waals surface area contributed by atoms with Gasteiger partial charge >= 0.3 is 6.18 Å². The number of hydrazone groups is 1. The average Bonchev–Trinajstić information content (AvgIpc) is 3.53. The van der Waals surface area contributed by atoms with Crippen LogP contribution in [0.25, 0.3) is 0 Å². The van der Waals surface area contributed by atoms with Crippen LogP contribution in [0, 0.1) is 11.8 Å². The van der Waals surface area contributed by atoms with Crippen LogP contribution in [-0.2, 0) is 6.18 Å². The summed E-state index contributed by atoms with van der Waals surface area (Å²) >= 11 is 5.96. The lowest BCUT2D eigenvalue weighted by molar-refractivity contribution is -0.137. The smallest absolute Gasteiger partial charge is 0.385 e. The highest BCUT2D eigenvalue weighted by Gasteiger charge is 2.32. The van der Waals surface area contributed by atoms with Crippen LogP contribution < -0.4 is 16.5 Å². The molecule has 1 amide bonds. The Hall–Kier alpha value is -2.00. The molecule has 2 saturated carbocycles. The molecule has 4 N–H and O–H groups in total. The SMILES string of the molecule is CNN(C[C@H]1CC[C@H](NC(=O)c2cc(C(F)(F)F)ccc2Cl)CC1)/N=C(\N)C1CC1. The standard InChI is InChI=1S/C20H27ClF3N5O/c1-26-29(28-18(25)13-4-5-13)11-12-2-7-15(8-3-12)27-19(30)16-10-14(20(22,23)24)6-9-17(16)21/h6,9-10,12-13,15,26H,2-5,7-8,11H2,1H3,(H2,25,28)(H,27,30)/t12-,15-. The molecule has 30 heavy (non-hydrogen) atoms. The Morgan fingerprint density at radius 2 is 1.90 bits per heavy atom. The van der Waals surface area contributed by atoms with Gasteiger partial charge in [-0.3, -0.25) is 4.79 Å². The zero-order valence-corrected chi connectivity index (χ0v) is 17.6. The maximum Gasteiger partial charge on any atom is 0.416 e. The maximum absolute atomic E-state index is 12.9. The number of alkyl halides is 3. The van der Waals surface area contributed by atoms with E-state index in [1.54, 1.807) is 12.2 Å². The van der Waals surface area contributed by atoms with Crippen LogP contribution in [0.15, 0.2) is 23.3 Å². The van der Waals surface area contributed by atoms with E-state index in [1.165, 1.54) is 0 Å². The summed E-state index contributed by atoms with van der Waals surface area (Å²) in [7, 11) is 1.80. The number of carbonyl (C=O) groups excluding carboxylic acids is 1. The van der Waals surface area contributed by atoms with E-state index in [2.05, 4.69) is 15.8 Å². The van der Waals surface area contributed by atoms with E-state index in [1.807, 2.05) is 0 Å². The quantitative estimate of drug-likeness (QED) is 0.339. The summed E-state index contributed by atoms with van der Waals surface area (Å²) in [5.41, 5.74) is 7.98. The van der Waals surface area contributed by atoms with Crippen molar-refractivity contribution in [1.82, 2.24) is 15.9 Å². The van der Waals surface area contributed by atoms with Crippen LogP contribution in [0.4, 0.5) is 13.2 Å². The summed E-state index contributed by atoms with van der Waals surface area (Å²) in [6.07, 6.45) is 0.888. The van der Waals surface area contributed by atoms with E-state index in [4.69, 9.17) is 17.3 Å². The molecule has 0 radical (unpaired) electrons. The number of hydrogen-bond donors (Lipinski definition) is 3. The lowest BCUT2D eigenvalue weighted by atomic mass is 9.86. The largest absolute Gasteiger partial charge is 0.416 e. The lowest BCUT2D eigenvalue weighted by Crippen LogP contribution is -2.41. The van der Waals surface area contributed by atoms with Crippen molar-refractivity contribution in [3.8, 4) is 0 Å². The Morgan fingerprint density at radius 3 is 2.47 bits per heavy atom. The number of carbonyl (C=O) groups is 1. The second-order valence-corrected chi connectivity index (χ2v) is 8.40. The van der Waals surface area contributed by atoms with Crippen LogP contribution >= 0.6 is 11.6 Å². The van der Waals surface area contributed by atoms with Gasteiger partial charge < -0.3 is 11.1 Å². The fourth-order valence-electron chi connectivity index (χ4n) is 3.65. The Labute approximate surface area is 179 Å². The van der Waals surface area contributed by atoms with Gasteiger partial charge in [-0.1, -0.05) is 11.6 Å². The number of benzene rings is 1. The van der Waals surface area contributed by atoms with Crippen molar-refractivity contribution >= 4 is 23.3 Å². The molecular formula is C20H27ClF3N5O. The van der Waals surface area contributed by atoms with Gasteiger partial charge in [-0.05, 0) is 62.6 Å². The first-order valence-corrected chi connectivity index (χ1v) is 10.5. The molecule has 2 aliphatic carbocycles. The Bertz CT molecular complexity index is 789. The molecular weight excluding hydrogens is 419 g/mol. The van der Waals surface area contributed by atoms with Gasteiger partial charge in [0.15, 0.2) is 0 Å². The first-order valence-electron chi connectivity index (χ1n) is 10.1. The molecule has 0 aromatic heterocycles. The first-order chi connectivity index (χ1) is 14.2. The van der Waals surface area contributed by atoms with Crippen LogP contribution in [0.2, 0.25) is 5.02 Å². The van der Waals surface area contributed by atoms with Gasteiger partial charge in [0.25, 0.3) is 5.91 Å². The number of rotatable bonds is 7. The minimum Gasteiger partial charge on any atom is -0.385 e. The Balaban J connectivity index is 1.52.